The third kappa shape index (κ3) is 5.63. The standard InChI is InChI=1S/C20H24N6OS/c1-3-16-6-8-17(9-7-16)14-26(15-18-5-4-11-21-13-18)19(27)10-12-28-20-22-23-24-25(20)2/h4-9,11,13H,3,10,12,14-15H2,1-2H3. The second-order valence-electron chi connectivity index (χ2n) is 6.46. The molecule has 7 nitrogen and oxygen atoms in total. The van der Waals surface area contributed by atoms with Gasteiger partial charge in [0.25, 0.3) is 0 Å². The van der Waals surface area contributed by atoms with E-state index in [0.29, 0.717) is 30.4 Å². The summed E-state index contributed by atoms with van der Waals surface area (Å²) in [5, 5.41) is 12.1. The van der Waals surface area contributed by atoms with Crippen LogP contribution in [-0.4, -0.2) is 41.8 Å². The molecule has 0 aliphatic heterocycles. The Labute approximate surface area is 169 Å². The van der Waals surface area contributed by atoms with Crippen molar-refractivity contribution >= 4 is 17.7 Å². The maximum Gasteiger partial charge on any atom is 0.224 e. The number of carbonyl (C=O) groups is 1. The highest BCUT2D eigenvalue weighted by Gasteiger charge is 2.16. The van der Waals surface area contributed by atoms with Crippen LogP contribution in [0.3, 0.4) is 0 Å². The fourth-order valence-electron chi connectivity index (χ4n) is 2.78. The highest BCUT2D eigenvalue weighted by Crippen LogP contribution is 2.17. The smallest absolute Gasteiger partial charge is 0.224 e. The van der Waals surface area contributed by atoms with Crippen molar-refractivity contribution in [3.63, 3.8) is 0 Å². The normalized spacial score (nSPS) is 10.8. The Bertz CT molecular complexity index is 881. The van der Waals surface area contributed by atoms with Crippen LogP contribution in [0.1, 0.15) is 30.0 Å². The van der Waals surface area contributed by atoms with Crippen LogP contribution in [0.15, 0.2) is 53.9 Å². The average Bonchev–Trinajstić information content (AvgIpc) is 3.13. The first kappa shape index (κ1) is 20.0. The third-order valence-corrected chi connectivity index (χ3v) is 5.39. The van der Waals surface area contributed by atoms with E-state index >= 15 is 0 Å². The molecule has 0 radical (unpaired) electrons. The number of benzene rings is 1. The van der Waals surface area contributed by atoms with Crippen LogP contribution in [0, 0.1) is 0 Å². The van der Waals surface area contributed by atoms with Crippen molar-refractivity contribution in [2.24, 2.45) is 7.05 Å². The lowest BCUT2D eigenvalue weighted by molar-refractivity contribution is -0.132. The average molecular weight is 397 g/mol. The Morgan fingerprint density at radius 2 is 1.86 bits per heavy atom. The number of tetrazole rings is 1. The van der Waals surface area contributed by atoms with E-state index in [4.69, 9.17) is 0 Å². The molecule has 0 aliphatic carbocycles. The second kappa shape index (κ2) is 9.98. The molecule has 146 valence electrons. The van der Waals surface area contributed by atoms with Gasteiger partial charge in [-0.25, -0.2) is 4.68 Å². The van der Waals surface area contributed by atoms with Crippen LogP contribution in [-0.2, 0) is 31.4 Å². The predicted octanol–water partition coefficient (Wildman–Crippen LogP) is 2.88. The topological polar surface area (TPSA) is 76.8 Å². The number of pyridine rings is 1. The van der Waals surface area contributed by atoms with Gasteiger partial charge < -0.3 is 4.90 Å². The number of aryl methyl sites for hydroxylation is 2. The lowest BCUT2D eigenvalue weighted by Gasteiger charge is -2.23. The minimum atomic E-state index is 0.103. The molecule has 0 saturated carbocycles. The molecule has 2 heterocycles. The predicted molar refractivity (Wildman–Crippen MR) is 108 cm³/mol. The first-order valence-corrected chi connectivity index (χ1v) is 10.2. The van der Waals surface area contributed by atoms with Gasteiger partial charge in [0.15, 0.2) is 0 Å². The van der Waals surface area contributed by atoms with Crippen molar-refractivity contribution in [3.8, 4) is 0 Å². The maximum atomic E-state index is 12.9. The van der Waals surface area contributed by atoms with Gasteiger partial charge in [-0.3, -0.25) is 9.78 Å². The first-order valence-electron chi connectivity index (χ1n) is 9.25. The molecule has 2 aromatic heterocycles. The van der Waals surface area contributed by atoms with E-state index in [2.05, 4.69) is 51.7 Å². The van der Waals surface area contributed by atoms with Crippen LogP contribution < -0.4 is 0 Å². The van der Waals surface area contributed by atoms with Gasteiger partial charge in [0.05, 0.1) is 0 Å². The summed E-state index contributed by atoms with van der Waals surface area (Å²) in [5.74, 6) is 0.733. The molecule has 1 aromatic carbocycles. The summed E-state index contributed by atoms with van der Waals surface area (Å²) >= 11 is 1.48. The molecule has 3 rings (SSSR count). The van der Waals surface area contributed by atoms with Crippen LogP contribution >= 0.6 is 11.8 Å². The molecular formula is C20H24N6OS. The van der Waals surface area contributed by atoms with Crippen molar-refractivity contribution < 1.29 is 4.79 Å². The van der Waals surface area contributed by atoms with Crippen molar-refractivity contribution in [2.45, 2.75) is 38.0 Å². The summed E-state index contributed by atoms with van der Waals surface area (Å²) in [6, 6.07) is 12.3. The van der Waals surface area contributed by atoms with Gasteiger partial charge in [-0.2, -0.15) is 0 Å². The van der Waals surface area contributed by atoms with E-state index in [0.717, 1.165) is 17.5 Å². The Hall–Kier alpha value is -2.74. The summed E-state index contributed by atoms with van der Waals surface area (Å²) in [4.78, 5) is 19.0. The minimum Gasteiger partial charge on any atom is -0.334 e. The van der Waals surface area contributed by atoms with E-state index in [1.807, 2.05) is 17.0 Å². The van der Waals surface area contributed by atoms with Gasteiger partial charge in [-0.15, -0.1) is 5.10 Å². The van der Waals surface area contributed by atoms with Crippen LogP contribution in [0.4, 0.5) is 0 Å². The van der Waals surface area contributed by atoms with Gasteiger partial charge in [0.2, 0.25) is 11.1 Å². The lowest BCUT2D eigenvalue weighted by atomic mass is 10.1. The third-order valence-electron chi connectivity index (χ3n) is 4.38. The van der Waals surface area contributed by atoms with E-state index < -0.39 is 0 Å². The summed E-state index contributed by atoms with van der Waals surface area (Å²) in [6.07, 6.45) is 4.97. The summed E-state index contributed by atoms with van der Waals surface area (Å²) in [6.45, 7) is 3.25. The molecule has 0 unspecified atom stereocenters. The number of amides is 1. The Kier molecular flexibility index (Phi) is 7.13. The number of carbonyl (C=O) groups excluding carboxylic acids is 1. The lowest BCUT2D eigenvalue weighted by Crippen LogP contribution is -2.30. The van der Waals surface area contributed by atoms with E-state index in [1.54, 1.807) is 24.1 Å². The SMILES string of the molecule is CCc1ccc(CN(Cc2cccnc2)C(=O)CCSc2nnnn2C)cc1. The van der Waals surface area contributed by atoms with Crippen LogP contribution in [0.25, 0.3) is 0 Å². The van der Waals surface area contributed by atoms with Crippen molar-refractivity contribution in [2.75, 3.05) is 5.75 Å². The molecule has 0 aliphatic rings. The van der Waals surface area contributed by atoms with E-state index in [-0.39, 0.29) is 5.91 Å². The zero-order valence-electron chi connectivity index (χ0n) is 16.2. The van der Waals surface area contributed by atoms with E-state index in [1.165, 1.54) is 17.3 Å². The molecule has 0 atom stereocenters. The van der Waals surface area contributed by atoms with Gasteiger partial charge in [-0.05, 0) is 39.6 Å². The van der Waals surface area contributed by atoms with E-state index in [9.17, 15) is 4.79 Å². The fourth-order valence-corrected chi connectivity index (χ4v) is 3.55. The molecule has 1 amide bonds. The second-order valence-corrected chi connectivity index (χ2v) is 7.53. The molecule has 0 N–H and O–H groups in total. The maximum absolute atomic E-state index is 12.9. The molecule has 0 fully saturated rings. The molecule has 0 spiro atoms. The quantitative estimate of drug-likeness (QED) is 0.518. The summed E-state index contributed by atoms with van der Waals surface area (Å²) in [5.41, 5.74) is 3.44. The number of hydrogen-bond donors (Lipinski definition) is 0. The molecule has 3 aromatic rings. The fraction of sp³-hybridized carbons (Fsp3) is 0.350. The molecule has 8 heteroatoms. The zero-order chi connectivity index (χ0) is 19.8. The largest absolute Gasteiger partial charge is 0.334 e. The van der Waals surface area contributed by atoms with Gasteiger partial charge in [-0.1, -0.05) is 49.0 Å². The van der Waals surface area contributed by atoms with Gasteiger partial charge in [0, 0.05) is 44.7 Å². The highest BCUT2D eigenvalue weighted by molar-refractivity contribution is 7.99. The number of hydrogen-bond acceptors (Lipinski definition) is 6. The van der Waals surface area contributed by atoms with Crippen molar-refractivity contribution in [1.29, 1.82) is 0 Å². The number of aromatic nitrogens is 5. The molecule has 28 heavy (non-hydrogen) atoms. The van der Waals surface area contributed by atoms with Crippen LogP contribution in [0.2, 0.25) is 0 Å². The Balaban J connectivity index is 1.65. The first-order chi connectivity index (χ1) is 13.7. The van der Waals surface area contributed by atoms with Gasteiger partial charge in [0.1, 0.15) is 0 Å². The Morgan fingerprint density at radius 1 is 1.11 bits per heavy atom. The van der Waals surface area contributed by atoms with Crippen LogP contribution in [0.5, 0.6) is 0 Å². The number of thioether (sulfide) groups is 1. The minimum absolute atomic E-state index is 0.103. The molecule has 0 bridgehead atoms. The van der Waals surface area contributed by atoms with Gasteiger partial charge >= 0.3 is 0 Å². The monoisotopic (exact) mass is 396 g/mol. The summed E-state index contributed by atoms with van der Waals surface area (Å²) < 4.78 is 1.61. The number of nitrogens with zero attached hydrogens (tertiary/aromatic N) is 6. The molecule has 0 saturated heterocycles. The summed E-state index contributed by atoms with van der Waals surface area (Å²) in [7, 11) is 1.79. The molecular weight excluding hydrogens is 372 g/mol. The number of rotatable bonds is 9. The zero-order valence-corrected chi connectivity index (χ0v) is 17.0. The Morgan fingerprint density at radius 3 is 2.50 bits per heavy atom. The van der Waals surface area contributed by atoms with Crippen molar-refractivity contribution in [1.82, 2.24) is 30.1 Å². The van der Waals surface area contributed by atoms with Crippen molar-refractivity contribution in [3.05, 3.63) is 65.5 Å². The highest BCUT2D eigenvalue weighted by atomic mass is 32.2.